The molecule has 5 heteroatoms. The lowest BCUT2D eigenvalue weighted by Crippen LogP contribution is -2.29. The van der Waals surface area contributed by atoms with Gasteiger partial charge in [-0.15, -0.1) is 0 Å². The van der Waals surface area contributed by atoms with Gasteiger partial charge in [0.05, 0.1) is 10.6 Å². The molecule has 0 atom stereocenters. The summed E-state index contributed by atoms with van der Waals surface area (Å²) in [7, 11) is -3.37. The summed E-state index contributed by atoms with van der Waals surface area (Å²) in [6, 6.07) is 13.2. The van der Waals surface area contributed by atoms with Crippen molar-refractivity contribution in [2.24, 2.45) is 0 Å². The molecule has 0 spiro atoms. The first kappa shape index (κ1) is 18.4. The molecular formula is C21H23NO3S. The van der Waals surface area contributed by atoms with Crippen molar-refractivity contribution < 1.29 is 13.2 Å². The average molecular weight is 369 g/mol. The van der Waals surface area contributed by atoms with Crippen molar-refractivity contribution in [2.45, 2.75) is 25.2 Å². The fraction of sp³-hybridized carbons (Fsp3) is 0.286. The molecule has 0 aliphatic carbocycles. The first-order valence-electron chi connectivity index (χ1n) is 8.62. The number of nitrogens with zero attached hydrogens (tertiary/aromatic N) is 1. The predicted octanol–water partition coefficient (Wildman–Crippen LogP) is 3.89. The quantitative estimate of drug-likeness (QED) is 0.767. The summed E-state index contributed by atoms with van der Waals surface area (Å²) in [6.07, 6.45) is 4.18. The molecule has 1 heterocycles. The van der Waals surface area contributed by atoms with Gasteiger partial charge in [0, 0.05) is 24.9 Å². The maximum absolute atomic E-state index is 12.2. The Balaban J connectivity index is 1.95. The Hall–Kier alpha value is -2.40. The summed E-state index contributed by atoms with van der Waals surface area (Å²) in [5.41, 5.74) is 4.85. The van der Waals surface area contributed by atoms with Gasteiger partial charge in [0.1, 0.15) is 0 Å². The highest BCUT2D eigenvalue weighted by molar-refractivity contribution is 7.90. The SMILES string of the molecule is CC(=O)c1ccc(S(C)(=O)=O)c(N2CC=C(c3cccc(C)c3)CC2)c1. The Morgan fingerprint density at radius 2 is 1.88 bits per heavy atom. The smallest absolute Gasteiger partial charge is 0.177 e. The first-order chi connectivity index (χ1) is 12.3. The molecule has 0 amide bonds. The fourth-order valence-corrected chi connectivity index (χ4v) is 4.18. The number of hydrogen-bond donors (Lipinski definition) is 0. The van der Waals surface area contributed by atoms with Crippen LogP contribution in [0, 0.1) is 6.92 Å². The lowest BCUT2D eigenvalue weighted by Gasteiger charge is -2.30. The van der Waals surface area contributed by atoms with E-state index in [0.29, 0.717) is 24.3 Å². The van der Waals surface area contributed by atoms with Crippen LogP contribution in [-0.4, -0.2) is 33.5 Å². The fourth-order valence-electron chi connectivity index (χ4n) is 3.29. The zero-order valence-electron chi connectivity index (χ0n) is 15.3. The number of Topliss-reactive ketones (excluding diaryl/α,β-unsaturated/α-hetero) is 1. The molecule has 4 nitrogen and oxygen atoms in total. The molecule has 0 radical (unpaired) electrons. The van der Waals surface area contributed by atoms with E-state index in [-0.39, 0.29) is 10.7 Å². The van der Waals surface area contributed by atoms with Crippen LogP contribution in [0.1, 0.15) is 34.8 Å². The van der Waals surface area contributed by atoms with Crippen LogP contribution in [0.5, 0.6) is 0 Å². The summed E-state index contributed by atoms with van der Waals surface area (Å²) >= 11 is 0. The lowest BCUT2D eigenvalue weighted by atomic mass is 9.97. The van der Waals surface area contributed by atoms with E-state index in [1.54, 1.807) is 18.2 Å². The third kappa shape index (κ3) is 3.88. The lowest BCUT2D eigenvalue weighted by molar-refractivity contribution is 0.101. The van der Waals surface area contributed by atoms with Crippen molar-refractivity contribution in [2.75, 3.05) is 24.2 Å². The normalized spacial score (nSPS) is 14.9. The molecule has 0 saturated carbocycles. The molecule has 0 unspecified atom stereocenters. The van der Waals surface area contributed by atoms with Gasteiger partial charge in [0.15, 0.2) is 15.6 Å². The minimum Gasteiger partial charge on any atom is -0.366 e. The highest BCUT2D eigenvalue weighted by Gasteiger charge is 2.21. The highest BCUT2D eigenvalue weighted by Crippen LogP contribution is 2.31. The summed E-state index contributed by atoms with van der Waals surface area (Å²) in [6.45, 7) is 4.90. The second kappa shape index (κ2) is 7.08. The van der Waals surface area contributed by atoms with E-state index in [9.17, 15) is 13.2 Å². The third-order valence-corrected chi connectivity index (χ3v) is 5.85. The summed E-state index contributed by atoms with van der Waals surface area (Å²) < 4.78 is 24.3. The molecule has 1 aliphatic heterocycles. The zero-order valence-corrected chi connectivity index (χ0v) is 16.1. The van der Waals surface area contributed by atoms with E-state index in [0.717, 1.165) is 6.42 Å². The summed E-state index contributed by atoms with van der Waals surface area (Å²) in [5.74, 6) is -0.0701. The Kier molecular flexibility index (Phi) is 5.01. The van der Waals surface area contributed by atoms with Gasteiger partial charge in [0.25, 0.3) is 0 Å². The molecule has 0 bridgehead atoms. The maximum atomic E-state index is 12.2. The van der Waals surface area contributed by atoms with E-state index >= 15 is 0 Å². The van der Waals surface area contributed by atoms with Gasteiger partial charge in [-0.1, -0.05) is 35.9 Å². The van der Waals surface area contributed by atoms with E-state index in [1.165, 1.54) is 29.9 Å². The number of rotatable bonds is 4. The zero-order chi connectivity index (χ0) is 18.9. The largest absolute Gasteiger partial charge is 0.366 e. The number of benzene rings is 2. The monoisotopic (exact) mass is 369 g/mol. The summed E-state index contributed by atoms with van der Waals surface area (Å²) in [5, 5.41) is 0. The van der Waals surface area contributed by atoms with Crippen molar-refractivity contribution in [3.63, 3.8) is 0 Å². The number of sulfone groups is 1. The average Bonchev–Trinajstić information content (AvgIpc) is 2.60. The van der Waals surface area contributed by atoms with Crippen molar-refractivity contribution in [1.82, 2.24) is 0 Å². The van der Waals surface area contributed by atoms with Crippen LogP contribution in [0.4, 0.5) is 5.69 Å². The number of aryl methyl sites for hydroxylation is 1. The Bertz CT molecular complexity index is 990. The molecular weight excluding hydrogens is 346 g/mol. The van der Waals surface area contributed by atoms with Crippen LogP contribution in [0.15, 0.2) is 53.4 Å². The molecule has 2 aromatic carbocycles. The van der Waals surface area contributed by atoms with Crippen LogP contribution in [0.25, 0.3) is 5.57 Å². The Morgan fingerprint density at radius 1 is 1.12 bits per heavy atom. The van der Waals surface area contributed by atoms with Gasteiger partial charge in [-0.25, -0.2) is 8.42 Å². The predicted molar refractivity (Wildman–Crippen MR) is 106 cm³/mol. The van der Waals surface area contributed by atoms with Crippen molar-refractivity contribution >= 4 is 26.9 Å². The van der Waals surface area contributed by atoms with Crippen molar-refractivity contribution in [3.05, 3.63) is 65.2 Å². The topological polar surface area (TPSA) is 54.5 Å². The second-order valence-corrected chi connectivity index (χ2v) is 8.79. The van der Waals surface area contributed by atoms with Gasteiger partial charge in [-0.05, 0) is 49.6 Å². The number of anilines is 1. The first-order valence-corrected chi connectivity index (χ1v) is 10.5. The number of ketones is 1. The molecule has 2 aromatic rings. The van der Waals surface area contributed by atoms with Crippen molar-refractivity contribution in [1.29, 1.82) is 0 Å². The van der Waals surface area contributed by atoms with Crippen LogP contribution in [0.3, 0.4) is 0 Å². The van der Waals surface area contributed by atoms with E-state index in [1.807, 2.05) is 4.90 Å². The van der Waals surface area contributed by atoms with Gasteiger partial charge in [-0.3, -0.25) is 4.79 Å². The Labute approximate surface area is 155 Å². The molecule has 1 aliphatic rings. The molecule has 0 saturated heterocycles. The summed E-state index contributed by atoms with van der Waals surface area (Å²) in [4.78, 5) is 14.0. The van der Waals surface area contributed by atoms with Crippen molar-refractivity contribution in [3.8, 4) is 0 Å². The molecule has 3 rings (SSSR count). The van der Waals surface area contributed by atoms with Gasteiger partial charge in [-0.2, -0.15) is 0 Å². The second-order valence-electron chi connectivity index (χ2n) is 6.81. The molecule has 26 heavy (non-hydrogen) atoms. The third-order valence-electron chi connectivity index (χ3n) is 4.70. The van der Waals surface area contributed by atoms with E-state index < -0.39 is 9.84 Å². The number of hydrogen-bond acceptors (Lipinski definition) is 4. The highest BCUT2D eigenvalue weighted by atomic mass is 32.2. The molecule has 0 fully saturated rings. The number of carbonyl (C=O) groups is 1. The maximum Gasteiger partial charge on any atom is 0.177 e. The van der Waals surface area contributed by atoms with Gasteiger partial charge < -0.3 is 4.90 Å². The van der Waals surface area contributed by atoms with E-state index in [2.05, 4.69) is 37.3 Å². The number of carbonyl (C=O) groups excluding carboxylic acids is 1. The minimum atomic E-state index is -3.37. The van der Waals surface area contributed by atoms with Crippen LogP contribution in [-0.2, 0) is 9.84 Å². The molecule has 0 N–H and O–H groups in total. The van der Waals surface area contributed by atoms with Crippen LogP contribution >= 0.6 is 0 Å². The van der Waals surface area contributed by atoms with Crippen LogP contribution < -0.4 is 4.90 Å². The minimum absolute atomic E-state index is 0.0701. The standard InChI is InChI=1S/C21H23NO3S/c1-15-5-4-6-19(13-15)17-9-11-22(12-10-17)20-14-18(16(2)23)7-8-21(20)26(3,24)25/h4-9,13-14H,10-12H2,1-3H3. The molecule has 0 aromatic heterocycles. The Morgan fingerprint density at radius 3 is 2.46 bits per heavy atom. The van der Waals surface area contributed by atoms with Gasteiger partial charge >= 0.3 is 0 Å². The van der Waals surface area contributed by atoms with Gasteiger partial charge in [0.2, 0.25) is 0 Å². The van der Waals surface area contributed by atoms with E-state index in [4.69, 9.17) is 0 Å². The molecule has 136 valence electrons. The van der Waals surface area contributed by atoms with Crippen LogP contribution in [0.2, 0.25) is 0 Å².